The van der Waals surface area contributed by atoms with Crippen LogP contribution in [0.2, 0.25) is 0 Å². The SMILES string of the molecule is CC(=O)c1ccc(O[C@H](C)C(=O)NCC2(N3CCOCC3)CCCCC2)cc1. The van der Waals surface area contributed by atoms with E-state index in [0.717, 1.165) is 39.1 Å². The van der Waals surface area contributed by atoms with E-state index in [1.807, 2.05) is 0 Å². The number of benzene rings is 1. The van der Waals surface area contributed by atoms with Gasteiger partial charge in [0.1, 0.15) is 5.75 Å². The van der Waals surface area contributed by atoms with Crippen LogP contribution in [0.15, 0.2) is 24.3 Å². The Balaban J connectivity index is 1.56. The molecular formula is C22H32N2O4. The molecule has 1 saturated heterocycles. The summed E-state index contributed by atoms with van der Waals surface area (Å²) in [6, 6.07) is 6.91. The largest absolute Gasteiger partial charge is 0.481 e. The van der Waals surface area contributed by atoms with Crippen LogP contribution >= 0.6 is 0 Å². The number of amides is 1. The van der Waals surface area contributed by atoms with Gasteiger partial charge in [0.15, 0.2) is 11.9 Å². The van der Waals surface area contributed by atoms with Gasteiger partial charge in [-0.1, -0.05) is 19.3 Å². The predicted molar refractivity (Wildman–Crippen MR) is 108 cm³/mol. The van der Waals surface area contributed by atoms with E-state index in [-0.39, 0.29) is 17.2 Å². The van der Waals surface area contributed by atoms with Gasteiger partial charge in [0, 0.05) is 30.7 Å². The highest BCUT2D eigenvalue weighted by atomic mass is 16.5. The third kappa shape index (κ3) is 5.11. The molecule has 1 atom stereocenters. The molecule has 2 aliphatic rings. The van der Waals surface area contributed by atoms with E-state index in [4.69, 9.17) is 9.47 Å². The summed E-state index contributed by atoms with van der Waals surface area (Å²) in [7, 11) is 0. The van der Waals surface area contributed by atoms with Crippen molar-refractivity contribution in [3.63, 3.8) is 0 Å². The van der Waals surface area contributed by atoms with Gasteiger partial charge in [0.25, 0.3) is 5.91 Å². The maximum Gasteiger partial charge on any atom is 0.260 e. The van der Waals surface area contributed by atoms with Gasteiger partial charge in [-0.15, -0.1) is 0 Å². The first-order chi connectivity index (χ1) is 13.5. The highest BCUT2D eigenvalue weighted by Gasteiger charge is 2.39. The number of rotatable bonds is 7. The average molecular weight is 389 g/mol. The lowest BCUT2D eigenvalue weighted by Crippen LogP contribution is -2.60. The smallest absolute Gasteiger partial charge is 0.260 e. The van der Waals surface area contributed by atoms with E-state index in [0.29, 0.717) is 17.9 Å². The number of nitrogens with zero attached hydrogens (tertiary/aromatic N) is 1. The van der Waals surface area contributed by atoms with Gasteiger partial charge in [0.05, 0.1) is 13.2 Å². The molecule has 0 bridgehead atoms. The molecule has 6 nitrogen and oxygen atoms in total. The highest BCUT2D eigenvalue weighted by molar-refractivity contribution is 5.94. The first kappa shape index (κ1) is 20.8. The molecule has 6 heteroatoms. The molecule has 1 amide bonds. The Bertz CT molecular complexity index is 662. The molecule has 1 aliphatic heterocycles. The van der Waals surface area contributed by atoms with E-state index >= 15 is 0 Å². The first-order valence-electron chi connectivity index (χ1n) is 10.4. The number of carbonyl (C=O) groups is 2. The lowest BCUT2D eigenvalue weighted by molar-refractivity contribution is -0.128. The van der Waals surface area contributed by atoms with E-state index in [1.165, 1.54) is 26.2 Å². The van der Waals surface area contributed by atoms with Crippen molar-refractivity contribution in [2.45, 2.75) is 57.6 Å². The number of morpholine rings is 1. The summed E-state index contributed by atoms with van der Waals surface area (Å²) in [5.41, 5.74) is 0.676. The molecule has 0 radical (unpaired) electrons. The van der Waals surface area contributed by atoms with Crippen LogP contribution in [0.25, 0.3) is 0 Å². The molecule has 154 valence electrons. The minimum atomic E-state index is -0.589. The lowest BCUT2D eigenvalue weighted by atomic mass is 9.79. The van der Waals surface area contributed by atoms with Crippen LogP contribution in [0.4, 0.5) is 0 Å². The molecule has 1 saturated carbocycles. The maximum atomic E-state index is 12.7. The summed E-state index contributed by atoms with van der Waals surface area (Å²) in [5, 5.41) is 3.14. The molecule has 3 rings (SSSR count). The fourth-order valence-electron chi connectivity index (χ4n) is 4.27. The third-order valence-electron chi connectivity index (χ3n) is 6.00. The van der Waals surface area contributed by atoms with Crippen LogP contribution in [-0.2, 0) is 9.53 Å². The van der Waals surface area contributed by atoms with E-state index < -0.39 is 6.10 Å². The Morgan fingerprint density at radius 2 is 1.79 bits per heavy atom. The summed E-state index contributed by atoms with van der Waals surface area (Å²) in [6.07, 6.45) is 5.34. The zero-order valence-electron chi connectivity index (χ0n) is 17.0. The second-order valence-corrected chi connectivity index (χ2v) is 7.94. The first-order valence-corrected chi connectivity index (χ1v) is 10.4. The summed E-state index contributed by atoms with van der Waals surface area (Å²) in [4.78, 5) is 26.5. The fourth-order valence-corrected chi connectivity index (χ4v) is 4.27. The van der Waals surface area contributed by atoms with E-state index in [9.17, 15) is 9.59 Å². The fraction of sp³-hybridized carbons (Fsp3) is 0.636. The molecular weight excluding hydrogens is 356 g/mol. The minimum Gasteiger partial charge on any atom is -0.481 e. The van der Waals surface area contributed by atoms with Crippen molar-refractivity contribution in [1.29, 1.82) is 0 Å². The van der Waals surface area contributed by atoms with Gasteiger partial charge in [-0.25, -0.2) is 0 Å². The molecule has 28 heavy (non-hydrogen) atoms. The van der Waals surface area contributed by atoms with Gasteiger partial charge < -0.3 is 14.8 Å². The van der Waals surface area contributed by atoms with Crippen molar-refractivity contribution in [2.75, 3.05) is 32.8 Å². The monoisotopic (exact) mass is 388 g/mol. The normalized spacial score (nSPS) is 20.9. The number of hydrogen-bond acceptors (Lipinski definition) is 5. The van der Waals surface area contributed by atoms with Crippen LogP contribution < -0.4 is 10.1 Å². The Hall–Kier alpha value is -1.92. The number of nitrogens with one attached hydrogen (secondary N) is 1. The molecule has 2 fully saturated rings. The average Bonchev–Trinajstić information content (AvgIpc) is 2.73. The summed E-state index contributed by atoms with van der Waals surface area (Å²) in [5.74, 6) is 0.500. The number of carbonyl (C=O) groups excluding carboxylic acids is 2. The second-order valence-electron chi connectivity index (χ2n) is 7.94. The summed E-state index contributed by atoms with van der Waals surface area (Å²) in [6.45, 7) is 7.35. The van der Waals surface area contributed by atoms with Crippen LogP contribution in [0, 0.1) is 0 Å². The Kier molecular flexibility index (Phi) is 7.08. The molecule has 1 aliphatic carbocycles. The molecule has 1 aromatic carbocycles. The number of ether oxygens (including phenoxy) is 2. The van der Waals surface area contributed by atoms with Gasteiger partial charge in [0.2, 0.25) is 0 Å². The number of ketones is 1. The standard InChI is InChI=1S/C22H32N2O4/c1-17(25)19-6-8-20(9-7-19)28-18(2)21(26)23-16-22(10-4-3-5-11-22)24-12-14-27-15-13-24/h6-9,18H,3-5,10-16H2,1-2H3,(H,23,26)/t18-/m1/s1. The Labute approximate surface area is 167 Å². The Morgan fingerprint density at radius 1 is 1.14 bits per heavy atom. The van der Waals surface area contributed by atoms with Crippen molar-refractivity contribution in [1.82, 2.24) is 10.2 Å². The van der Waals surface area contributed by atoms with E-state index in [1.54, 1.807) is 31.2 Å². The van der Waals surface area contributed by atoms with Crippen molar-refractivity contribution >= 4 is 11.7 Å². The molecule has 1 N–H and O–H groups in total. The molecule has 0 spiro atoms. The zero-order valence-corrected chi connectivity index (χ0v) is 17.0. The Morgan fingerprint density at radius 3 is 2.39 bits per heavy atom. The van der Waals surface area contributed by atoms with Crippen LogP contribution in [-0.4, -0.2) is 61.1 Å². The van der Waals surface area contributed by atoms with Gasteiger partial charge in [-0.2, -0.15) is 0 Å². The van der Waals surface area contributed by atoms with E-state index in [2.05, 4.69) is 10.2 Å². The van der Waals surface area contributed by atoms with Crippen molar-refractivity contribution in [3.8, 4) is 5.75 Å². The zero-order chi connectivity index (χ0) is 20.0. The summed E-state index contributed by atoms with van der Waals surface area (Å²) >= 11 is 0. The van der Waals surface area contributed by atoms with Crippen molar-refractivity contribution < 1.29 is 19.1 Å². The minimum absolute atomic E-state index is 0.0123. The van der Waals surface area contributed by atoms with Gasteiger partial charge in [-0.3, -0.25) is 14.5 Å². The topological polar surface area (TPSA) is 67.9 Å². The number of hydrogen-bond donors (Lipinski definition) is 1. The predicted octanol–water partition coefficient (Wildman–Crippen LogP) is 2.81. The lowest BCUT2D eigenvalue weighted by Gasteiger charge is -2.48. The summed E-state index contributed by atoms with van der Waals surface area (Å²) < 4.78 is 11.3. The van der Waals surface area contributed by atoms with Crippen molar-refractivity contribution in [3.05, 3.63) is 29.8 Å². The van der Waals surface area contributed by atoms with Gasteiger partial charge >= 0.3 is 0 Å². The highest BCUT2D eigenvalue weighted by Crippen LogP contribution is 2.33. The number of Topliss-reactive ketones (excluding diaryl/α,β-unsaturated/α-hetero) is 1. The van der Waals surface area contributed by atoms with Crippen LogP contribution in [0.3, 0.4) is 0 Å². The quantitative estimate of drug-likeness (QED) is 0.728. The third-order valence-corrected chi connectivity index (χ3v) is 6.00. The van der Waals surface area contributed by atoms with Gasteiger partial charge in [-0.05, 0) is 51.0 Å². The van der Waals surface area contributed by atoms with Crippen LogP contribution in [0.1, 0.15) is 56.3 Å². The molecule has 0 unspecified atom stereocenters. The second kappa shape index (κ2) is 9.52. The molecule has 1 heterocycles. The molecule has 1 aromatic rings. The molecule has 0 aromatic heterocycles. The van der Waals surface area contributed by atoms with Crippen molar-refractivity contribution in [2.24, 2.45) is 0 Å². The maximum absolute atomic E-state index is 12.7. The van der Waals surface area contributed by atoms with Crippen LogP contribution in [0.5, 0.6) is 5.75 Å².